The molecule has 0 saturated heterocycles. The lowest BCUT2D eigenvalue weighted by atomic mass is 10.1. The van der Waals surface area contributed by atoms with Crippen LogP contribution in [0.2, 0.25) is 0 Å². The van der Waals surface area contributed by atoms with E-state index in [1.54, 1.807) is 18.2 Å². The van der Waals surface area contributed by atoms with Crippen molar-refractivity contribution in [3.05, 3.63) is 72.4 Å². The minimum absolute atomic E-state index is 0.283. The molecule has 0 spiro atoms. The molecule has 0 atom stereocenters. The molecular formula is C20H17FN6. The summed E-state index contributed by atoms with van der Waals surface area (Å²) >= 11 is 0. The van der Waals surface area contributed by atoms with Crippen molar-refractivity contribution in [3.8, 4) is 0 Å². The summed E-state index contributed by atoms with van der Waals surface area (Å²) in [4.78, 5) is 12.9. The molecule has 4 N–H and O–H groups in total. The number of benzene rings is 2. The van der Waals surface area contributed by atoms with Gasteiger partial charge >= 0.3 is 0 Å². The Morgan fingerprint density at radius 1 is 0.852 bits per heavy atom. The largest absolute Gasteiger partial charge is 0.393 e. The highest BCUT2D eigenvalue weighted by Gasteiger charge is 2.12. The van der Waals surface area contributed by atoms with E-state index in [2.05, 4.69) is 25.6 Å². The van der Waals surface area contributed by atoms with E-state index < -0.39 is 5.82 Å². The van der Waals surface area contributed by atoms with Crippen LogP contribution in [0.4, 0.5) is 33.1 Å². The van der Waals surface area contributed by atoms with Gasteiger partial charge in [-0.3, -0.25) is 4.98 Å². The van der Waals surface area contributed by atoms with Crippen LogP contribution in [0.25, 0.3) is 10.9 Å². The summed E-state index contributed by atoms with van der Waals surface area (Å²) in [6.45, 7) is 1.94. The van der Waals surface area contributed by atoms with Crippen LogP contribution in [0.5, 0.6) is 0 Å². The Bertz CT molecular complexity index is 1130. The summed E-state index contributed by atoms with van der Waals surface area (Å²) in [7, 11) is 0. The fourth-order valence-corrected chi connectivity index (χ4v) is 2.76. The Balaban J connectivity index is 1.70. The van der Waals surface area contributed by atoms with Crippen molar-refractivity contribution in [1.82, 2.24) is 15.0 Å². The van der Waals surface area contributed by atoms with Crippen LogP contribution in [0.15, 0.2) is 60.9 Å². The number of pyridine rings is 1. The highest BCUT2D eigenvalue weighted by atomic mass is 19.1. The summed E-state index contributed by atoms with van der Waals surface area (Å²) in [6, 6.07) is 16.1. The molecule has 7 heteroatoms. The third kappa shape index (κ3) is 3.35. The molecule has 0 radical (unpaired) electrons. The number of para-hydroxylation sites is 2. The standard InChI is InChI=1S/C20H17FN6/c1-12-9-10-13-5-4-8-16(18(13)25-12)27-20-17(22)19(23-11-24-20)26-15-7-3-2-6-14(15)21/h2-11H,22H2,1H3,(H2,23,24,26,27). The maximum atomic E-state index is 13.9. The summed E-state index contributed by atoms with van der Waals surface area (Å²) in [5.41, 5.74) is 9.29. The van der Waals surface area contributed by atoms with Crippen molar-refractivity contribution < 1.29 is 4.39 Å². The average Bonchev–Trinajstić information content (AvgIpc) is 2.67. The normalized spacial score (nSPS) is 10.7. The molecule has 27 heavy (non-hydrogen) atoms. The molecule has 0 saturated carbocycles. The number of aromatic nitrogens is 3. The SMILES string of the molecule is Cc1ccc2cccc(Nc3ncnc(Nc4ccccc4F)c3N)c2n1. The summed E-state index contributed by atoms with van der Waals surface area (Å²) in [6.07, 6.45) is 1.37. The van der Waals surface area contributed by atoms with Crippen LogP contribution in [-0.4, -0.2) is 15.0 Å². The highest BCUT2D eigenvalue weighted by molar-refractivity contribution is 5.93. The van der Waals surface area contributed by atoms with Gasteiger partial charge < -0.3 is 16.4 Å². The topological polar surface area (TPSA) is 88.8 Å². The molecule has 6 nitrogen and oxygen atoms in total. The molecule has 134 valence electrons. The molecule has 4 rings (SSSR count). The Morgan fingerprint density at radius 3 is 2.33 bits per heavy atom. The zero-order valence-electron chi connectivity index (χ0n) is 14.6. The van der Waals surface area contributed by atoms with Crippen LogP contribution in [0.3, 0.4) is 0 Å². The first-order valence-corrected chi connectivity index (χ1v) is 8.37. The molecule has 2 aromatic carbocycles. The predicted molar refractivity (Wildman–Crippen MR) is 106 cm³/mol. The zero-order valence-corrected chi connectivity index (χ0v) is 14.6. The van der Waals surface area contributed by atoms with E-state index in [9.17, 15) is 4.39 Å². The number of hydrogen-bond donors (Lipinski definition) is 3. The van der Waals surface area contributed by atoms with Crippen molar-refractivity contribution in [1.29, 1.82) is 0 Å². The molecule has 0 bridgehead atoms. The van der Waals surface area contributed by atoms with Crippen LogP contribution < -0.4 is 16.4 Å². The van der Waals surface area contributed by atoms with Gasteiger partial charge in [0.2, 0.25) is 0 Å². The monoisotopic (exact) mass is 360 g/mol. The second-order valence-electron chi connectivity index (χ2n) is 6.04. The van der Waals surface area contributed by atoms with Crippen molar-refractivity contribution in [2.45, 2.75) is 6.92 Å². The lowest BCUT2D eigenvalue weighted by Gasteiger charge is -2.14. The van der Waals surface area contributed by atoms with Crippen molar-refractivity contribution in [3.63, 3.8) is 0 Å². The lowest BCUT2D eigenvalue weighted by molar-refractivity contribution is 0.632. The van der Waals surface area contributed by atoms with Gasteiger partial charge in [0.15, 0.2) is 11.6 Å². The fraction of sp³-hybridized carbons (Fsp3) is 0.0500. The number of nitrogens with one attached hydrogen (secondary N) is 2. The van der Waals surface area contributed by atoms with E-state index >= 15 is 0 Å². The first-order chi connectivity index (χ1) is 13.1. The quantitative estimate of drug-likeness (QED) is 0.495. The number of anilines is 5. The van der Waals surface area contributed by atoms with E-state index in [4.69, 9.17) is 5.73 Å². The first-order valence-electron chi connectivity index (χ1n) is 8.37. The smallest absolute Gasteiger partial charge is 0.159 e. The average molecular weight is 360 g/mol. The zero-order chi connectivity index (χ0) is 18.8. The Hall–Kier alpha value is -3.74. The van der Waals surface area contributed by atoms with Crippen LogP contribution >= 0.6 is 0 Å². The molecule has 2 aromatic heterocycles. The van der Waals surface area contributed by atoms with Gasteiger partial charge in [-0.25, -0.2) is 14.4 Å². The van der Waals surface area contributed by atoms with Crippen LogP contribution in [-0.2, 0) is 0 Å². The first kappa shape index (κ1) is 16.7. The van der Waals surface area contributed by atoms with Gasteiger partial charge in [0, 0.05) is 11.1 Å². The van der Waals surface area contributed by atoms with Crippen molar-refractivity contribution in [2.75, 3.05) is 16.4 Å². The predicted octanol–water partition coefficient (Wildman–Crippen LogP) is 4.54. The minimum atomic E-state index is -0.390. The molecule has 0 fully saturated rings. The van der Waals surface area contributed by atoms with Gasteiger partial charge in [0.1, 0.15) is 17.8 Å². The fourth-order valence-electron chi connectivity index (χ4n) is 2.76. The second-order valence-corrected chi connectivity index (χ2v) is 6.04. The second kappa shape index (κ2) is 6.87. The summed E-state index contributed by atoms with van der Waals surface area (Å²) < 4.78 is 13.9. The number of rotatable bonds is 4. The van der Waals surface area contributed by atoms with Crippen molar-refractivity contribution in [2.24, 2.45) is 0 Å². The molecule has 0 aliphatic carbocycles. The van der Waals surface area contributed by atoms with Gasteiger partial charge in [-0.15, -0.1) is 0 Å². The van der Waals surface area contributed by atoms with Gasteiger partial charge in [-0.1, -0.05) is 30.3 Å². The Kier molecular flexibility index (Phi) is 4.25. The van der Waals surface area contributed by atoms with Gasteiger partial charge in [-0.2, -0.15) is 0 Å². The van der Waals surface area contributed by atoms with E-state index in [1.165, 1.54) is 12.4 Å². The third-order valence-electron chi connectivity index (χ3n) is 4.12. The van der Waals surface area contributed by atoms with Crippen molar-refractivity contribution >= 4 is 39.6 Å². The van der Waals surface area contributed by atoms with Gasteiger partial charge in [0.25, 0.3) is 0 Å². The molecule has 0 unspecified atom stereocenters. The molecular weight excluding hydrogens is 343 g/mol. The number of halogens is 1. The Labute approximate surface area is 155 Å². The molecule has 4 aromatic rings. The van der Waals surface area contributed by atoms with Gasteiger partial charge in [0.05, 0.1) is 16.9 Å². The minimum Gasteiger partial charge on any atom is -0.393 e. The summed E-state index contributed by atoms with van der Waals surface area (Å²) in [5.74, 6) is 0.348. The molecule has 0 aliphatic heterocycles. The van der Waals surface area contributed by atoms with E-state index in [1.807, 2.05) is 37.3 Å². The summed E-state index contributed by atoms with van der Waals surface area (Å²) in [5, 5.41) is 7.12. The Morgan fingerprint density at radius 2 is 1.56 bits per heavy atom. The van der Waals surface area contributed by atoms with Crippen LogP contribution in [0.1, 0.15) is 5.69 Å². The number of nitrogens with two attached hydrogens (primary N) is 1. The third-order valence-corrected chi connectivity index (χ3v) is 4.12. The number of aryl methyl sites for hydroxylation is 1. The molecule has 2 heterocycles. The van der Waals surface area contributed by atoms with E-state index in [0.717, 1.165) is 22.3 Å². The van der Waals surface area contributed by atoms with Crippen LogP contribution in [0, 0.1) is 12.7 Å². The lowest BCUT2D eigenvalue weighted by Crippen LogP contribution is -2.06. The van der Waals surface area contributed by atoms with E-state index in [-0.39, 0.29) is 11.4 Å². The molecule has 0 amide bonds. The number of hydrogen-bond acceptors (Lipinski definition) is 6. The molecule has 0 aliphatic rings. The number of fused-ring (bicyclic) bond motifs is 1. The van der Waals surface area contributed by atoms with E-state index in [0.29, 0.717) is 11.6 Å². The maximum Gasteiger partial charge on any atom is 0.159 e. The van der Waals surface area contributed by atoms with Gasteiger partial charge in [-0.05, 0) is 31.2 Å². The maximum absolute atomic E-state index is 13.9. The highest BCUT2D eigenvalue weighted by Crippen LogP contribution is 2.31. The number of nitrogens with zero attached hydrogens (tertiary/aromatic N) is 3. The number of nitrogen functional groups attached to an aromatic ring is 1.